The number of anilines is 1. The number of nitrogens with one attached hydrogen (secondary N) is 1. The second-order valence-corrected chi connectivity index (χ2v) is 11.8. The lowest BCUT2D eigenvalue weighted by Gasteiger charge is -2.30. The van der Waals surface area contributed by atoms with Crippen LogP contribution in [0.1, 0.15) is 63.0 Å². The van der Waals surface area contributed by atoms with Crippen molar-refractivity contribution in [3.63, 3.8) is 0 Å². The number of sulfonamides is 1. The molecule has 0 unspecified atom stereocenters. The van der Waals surface area contributed by atoms with Gasteiger partial charge in [0.1, 0.15) is 0 Å². The zero-order chi connectivity index (χ0) is 25.0. The summed E-state index contributed by atoms with van der Waals surface area (Å²) in [7, 11) is -3.57. The van der Waals surface area contributed by atoms with Crippen molar-refractivity contribution in [1.29, 1.82) is 0 Å². The van der Waals surface area contributed by atoms with Crippen LogP contribution in [0.25, 0.3) is 0 Å². The molecular formula is C27H35N3O4S. The van der Waals surface area contributed by atoms with E-state index in [0.29, 0.717) is 55.4 Å². The van der Waals surface area contributed by atoms with E-state index in [0.717, 1.165) is 30.5 Å². The molecule has 4 rings (SSSR count). The normalized spacial score (nSPS) is 18.1. The molecule has 1 N–H and O–H groups in total. The average molecular weight is 498 g/mol. The van der Waals surface area contributed by atoms with Crippen LogP contribution in [0, 0.1) is 5.92 Å². The Morgan fingerprint density at radius 3 is 2.40 bits per heavy atom. The predicted octanol–water partition coefficient (Wildman–Crippen LogP) is 4.36. The molecule has 188 valence electrons. The van der Waals surface area contributed by atoms with E-state index in [-0.39, 0.29) is 17.7 Å². The molecule has 2 saturated heterocycles. The highest BCUT2D eigenvalue weighted by Gasteiger charge is 2.32. The number of piperidine rings is 2. The van der Waals surface area contributed by atoms with E-state index in [9.17, 15) is 18.0 Å². The number of carbonyl (C=O) groups excluding carboxylic acids is 2. The second kappa shape index (κ2) is 10.9. The summed E-state index contributed by atoms with van der Waals surface area (Å²) in [5, 5.41) is 2.99. The van der Waals surface area contributed by atoms with Crippen molar-refractivity contribution >= 4 is 27.5 Å². The summed E-state index contributed by atoms with van der Waals surface area (Å²) in [5.74, 6) is 0.198. The Hall–Kier alpha value is -2.71. The highest BCUT2D eigenvalue weighted by Crippen LogP contribution is 2.26. The molecule has 0 bridgehead atoms. The van der Waals surface area contributed by atoms with E-state index in [1.54, 1.807) is 12.1 Å². The standard InChI is InChI=1S/C27H35N3O4S/c1-20(2)22-9-11-25(12-10-22)35(33,34)30-16-13-23(14-17-30)27(32)28-24-7-5-6-21(18-24)19-29-15-4-3-8-26(29)31/h5-7,9-12,18,20,23H,3-4,8,13-17,19H2,1-2H3,(H,28,32). The quantitative estimate of drug-likeness (QED) is 0.616. The van der Waals surface area contributed by atoms with Gasteiger partial charge in [0.25, 0.3) is 0 Å². The maximum atomic E-state index is 13.1. The molecule has 8 heteroatoms. The molecule has 0 radical (unpaired) electrons. The first-order valence-corrected chi connectivity index (χ1v) is 14.0. The predicted molar refractivity (Wildman–Crippen MR) is 136 cm³/mol. The third-order valence-electron chi connectivity index (χ3n) is 7.00. The number of hydrogen-bond acceptors (Lipinski definition) is 4. The van der Waals surface area contributed by atoms with Gasteiger partial charge >= 0.3 is 0 Å². The van der Waals surface area contributed by atoms with Crippen molar-refractivity contribution in [3.8, 4) is 0 Å². The monoisotopic (exact) mass is 497 g/mol. The minimum atomic E-state index is -3.57. The second-order valence-electron chi connectivity index (χ2n) is 9.86. The zero-order valence-corrected chi connectivity index (χ0v) is 21.4. The summed E-state index contributed by atoms with van der Waals surface area (Å²) < 4.78 is 27.6. The summed E-state index contributed by atoms with van der Waals surface area (Å²) in [6, 6.07) is 14.7. The first kappa shape index (κ1) is 25.4. The lowest BCUT2D eigenvalue weighted by Crippen LogP contribution is -2.41. The summed E-state index contributed by atoms with van der Waals surface area (Å²) in [6.45, 7) is 6.12. The van der Waals surface area contributed by atoms with Crippen molar-refractivity contribution in [2.45, 2.75) is 63.3 Å². The van der Waals surface area contributed by atoms with E-state index in [1.165, 1.54) is 4.31 Å². The SMILES string of the molecule is CC(C)c1ccc(S(=O)(=O)N2CCC(C(=O)Nc3cccc(CN4CCCCC4=O)c3)CC2)cc1. The van der Waals surface area contributed by atoms with Crippen LogP contribution in [0.3, 0.4) is 0 Å². The van der Waals surface area contributed by atoms with Crippen LogP contribution in [0.15, 0.2) is 53.4 Å². The third-order valence-corrected chi connectivity index (χ3v) is 8.91. The minimum Gasteiger partial charge on any atom is -0.338 e. The number of hydrogen-bond donors (Lipinski definition) is 1. The van der Waals surface area contributed by atoms with E-state index in [1.807, 2.05) is 41.3 Å². The molecule has 2 aliphatic rings. The molecule has 2 aromatic carbocycles. The van der Waals surface area contributed by atoms with Gasteiger partial charge < -0.3 is 10.2 Å². The van der Waals surface area contributed by atoms with Crippen LogP contribution in [-0.2, 0) is 26.2 Å². The summed E-state index contributed by atoms with van der Waals surface area (Å²) in [5.41, 5.74) is 2.80. The molecular weight excluding hydrogens is 462 g/mol. The maximum absolute atomic E-state index is 13.1. The Labute approximate surface area is 208 Å². The number of benzene rings is 2. The van der Waals surface area contributed by atoms with Crippen LogP contribution in [-0.4, -0.2) is 49.1 Å². The molecule has 2 heterocycles. The smallest absolute Gasteiger partial charge is 0.243 e. The lowest BCUT2D eigenvalue weighted by atomic mass is 9.97. The molecule has 7 nitrogen and oxygen atoms in total. The van der Waals surface area contributed by atoms with Crippen LogP contribution < -0.4 is 5.32 Å². The lowest BCUT2D eigenvalue weighted by molar-refractivity contribution is -0.133. The Morgan fingerprint density at radius 2 is 1.74 bits per heavy atom. The van der Waals surface area contributed by atoms with Gasteiger partial charge in [0.05, 0.1) is 4.90 Å². The van der Waals surface area contributed by atoms with Crippen LogP contribution in [0.2, 0.25) is 0 Å². The highest BCUT2D eigenvalue weighted by molar-refractivity contribution is 7.89. The molecule has 0 aromatic heterocycles. The molecule has 0 atom stereocenters. The number of likely N-dealkylation sites (tertiary alicyclic amines) is 1. The molecule has 2 aromatic rings. The Kier molecular flexibility index (Phi) is 7.91. The molecule has 0 aliphatic carbocycles. The maximum Gasteiger partial charge on any atom is 0.243 e. The van der Waals surface area contributed by atoms with Crippen molar-refractivity contribution in [1.82, 2.24) is 9.21 Å². The number of rotatable bonds is 7. The molecule has 2 amide bonds. The Morgan fingerprint density at radius 1 is 1.03 bits per heavy atom. The summed E-state index contributed by atoms with van der Waals surface area (Å²) in [6.07, 6.45) is 3.55. The highest BCUT2D eigenvalue weighted by atomic mass is 32.2. The van der Waals surface area contributed by atoms with Crippen molar-refractivity contribution in [2.75, 3.05) is 25.0 Å². The summed E-state index contributed by atoms with van der Waals surface area (Å²) >= 11 is 0. The van der Waals surface area contributed by atoms with Crippen molar-refractivity contribution in [2.24, 2.45) is 5.92 Å². The molecule has 0 saturated carbocycles. The van der Waals surface area contributed by atoms with Crippen molar-refractivity contribution in [3.05, 3.63) is 59.7 Å². The minimum absolute atomic E-state index is 0.0884. The van der Waals surface area contributed by atoms with Gasteiger partial charge in [-0.05, 0) is 67.0 Å². The molecule has 0 spiro atoms. The number of nitrogens with zero attached hydrogens (tertiary/aromatic N) is 2. The van der Waals surface area contributed by atoms with Crippen molar-refractivity contribution < 1.29 is 18.0 Å². The third kappa shape index (κ3) is 6.11. The van der Waals surface area contributed by atoms with Gasteiger partial charge in [0.15, 0.2) is 0 Å². The largest absolute Gasteiger partial charge is 0.338 e. The fraction of sp³-hybridized carbons (Fsp3) is 0.481. The van der Waals surface area contributed by atoms with Crippen LogP contribution >= 0.6 is 0 Å². The van der Waals surface area contributed by atoms with Gasteiger partial charge in [-0.2, -0.15) is 4.31 Å². The average Bonchev–Trinajstić information content (AvgIpc) is 2.86. The van der Waals surface area contributed by atoms with Crippen LogP contribution in [0.5, 0.6) is 0 Å². The Bertz CT molecular complexity index is 1150. The van der Waals surface area contributed by atoms with E-state index < -0.39 is 10.0 Å². The zero-order valence-electron chi connectivity index (χ0n) is 20.6. The summed E-state index contributed by atoms with van der Waals surface area (Å²) in [4.78, 5) is 27.2. The van der Waals surface area contributed by atoms with Gasteiger partial charge in [-0.15, -0.1) is 0 Å². The first-order valence-electron chi connectivity index (χ1n) is 12.5. The number of carbonyl (C=O) groups is 2. The topological polar surface area (TPSA) is 86.8 Å². The Balaban J connectivity index is 1.32. The van der Waals surface area contributed by atoms with Gasteiger partial charge in [-0.25, -0.2) is 8.42 Å². The van der Waals surface area contributed by atoms with Gasteiger partial charge in [0, 0.05) is 44.2 Å². The van der Waals surface area contributed by atoms with E-state index in [4.69, 9.17) is 0 Å². The van der Waals surface area contributed by atoms with Gasteiger partial charge in [-0.1, -0.05) is 38.1 Å². The molecule has 35 heavy (non-hydrogen) atoms. The molecule has 2 fully saturated rings. The number of amides is 2. The first-order chi connectivity index (χ1) is 16.7. The fourth-order valence-electron chi connectivity index (χ4n) is 4.77. The van der Waals surface area contributed by atoms with E-state index >= 15 is 0 Å². The molecule has 2 aliphatic heterocycles. The van der Waals surface area contributed by atoms with Gasteiger partial charge in [-0.3, -0.25) is 9.59 Å². The van der Waals surface area contributed by atoms with Crippen LogP contribution in [0.4, 0.5) is 5.69 Å². The van der Waals surface area contributed by atoms with Gasteiger partial charge in [0.2, 0.25) is 21.8 Å². The van der Waals surface area contributed by atoms with E-state index in [2.05, 4.69) is 19.2 Å². The fourth-order valence-corrected chi connectivity index (χ4v) is 6.24.